The number of esters is 1. The van der Waals surface area contributed by atoms with Crippen molar-refractivity contribution < 1.29 is 24.2 Å². The van der Waals surface area contributed by atoms with Crippen molar-refractivity contribution in [1.82, 2.24) is 5.32 Å². The Bertz CT molecular complexity index is 572. The van der Waals surface area contributed by atoms with Crippen molar-refractivity contribution >= 4 is 18.0 Å². The molecule has 0 aromatic heterocycles. The van der Waals surface area contributed by atoms with Crippen LogP contribution in [0.5, 0.6) is 11.5 Å². The van der Waals surface area contributed by atoms with Crippen LogP contribution in [0.1, 0.15) is 26.3 Å². The Balaban J connectivity index is 2.53. The predicted octanol–water partition coefficient (Wildman–Crippen LogP) is 1.87. The first kappa shape index (κ1) is 17.6. The van der Waals surface area contributed by atoms with E-state index in [0.29, 0.717) is 11.3 Å². The van der Waals surface area contributed by atoms with Crippen LogP contribution >= 0.6 is 0 Å². The van der Waals surface area contributed by atoms with Crippen LogP contribution in [0, 0.1) is 0 Å². The van der Waals surface area contributed by atoms with E-state index < -0.39 is 5.97 Å². The molecule has 2 N–H and O–H groups in total. The molecule has 1 aromatic carbocycles. The summed E-state index contributed by atoms with van der Waals surface area (Å²) < 4.78 is 9.80. The lowest BCUT2D eigenvalue weighted by Gasteiger charge is -2.20. The summed E-state index contributed by atoms with van der Waals surface area (Å²) >= 11 is 0. The summed E-state index contributed by atoms with van der Waals surface area (Å²) in [5.41, 5.74) is 0.285. The Hall–Kier alpha value is -2.50. The molecular weight excluding hydrogens is 286 g/mol. The maximum absolute atomic E-state index is 11.5. The van der Waals surface area contributed by atoms with Crippen molar-refractivity contribution in [3.05, 3.63) is 29.8 Å². The number of carbonyl (C=O) groups is 2. The zero-order valence-electron chi connectivity index (χ0n) is 13.2. The molecule has 6 nitrogen and oxygen atoms in total. The molecule has 0 fully saturated rings. The number of rotatable bonds is 5. The Kier molecular flexibility index (Phi) is 5.98. The molecule has 6 heteroatoms. The lowest BCUT2D eigenvalue weighted by Crippen LogP contribution is -2.42. The number of ether oxygens (including phenoxy) is 2. The molecule has 1 aromatic rings. The molecule has 0 heterocycles. The molecule has 0 saturated heterocycles. The van der Waals surface area contributed by atoms with E-state index in [-0.39, 0.29) is 23.8 Å². The summed E-state index contributed by atoms with van der Waals surface area (Å²) in [7, 11) is 1.44. The number of benzene rings is 1. The van der Waals surface area contributed by atoms with Crippen molar-refractivity contribution in [2.24, 2.45) is 0 Å². The number of carbonyl (C=O) groups excluding carboxylic acids is 2. The van der Waals surface area contributed by atoms with E-state index in [1.807, 2.05) is 20.8 Å². The first-order valence-electron chi connectivity index (χ1n) is 6.74. The number of aromatic hydroxyl groups is 1. The van der Waals surface area contributed by atoms with Crippen LogP contribution in [0.25, 0.3) is 6.08 Å². The Morgan fingerprint density at radius 2 is 2.00 bits per heavy atom. The van der Waals surface area contributed by atoms with Crippen molar-refractivity contribution in [3.8, 4) is 11.5 Å². The van der Waals surface area contributed by atoms with Gasteiger partial charge in [0.05, 0.1) is 7.11 Å². The van der Waals surface area contributed by atoms with Gasteiger partial charge in [0.1, 0.15) is 0 Å². The first-order chi connectivity index (χ1) is 10.2. The summed E-state index contributed by atoms with van der Waals surface area (Å²) in [6, 6.07) is 4.65. The van der Waals surface area contributed by atoms with Gasteiger partial charge in [0, 0.05) is 11.6 Å². The van der Waals surface area contributed by atoms with Crippen molar-refractivity contribution in [2.75, 3.05) is 13.7 Å². The minimum absolute atomic E-state index is 0.0149. The predicted molar refractivity (Wildman–Crippen MR) is 82.5 cm³/mol. The molecule has 1 rings (SSSR count). The number of methoxy groups -OCH3 is 1. The maximum Gasteiger partial charge on any atom is 0.331 e. The van der Waals surface area contributed by atoms with Crippen LogP contribution < -0.4 is 10.1 Å². The van der Waals surface area contributed by atoms with E-state index in [4.69, 9.17) is 9.47 Å². The molecule has 0 unspecified atom stereocenters. The molecule has 0 spiro atoms. The fourth-order valence-corrected chi connectivity index (χ4v) is 1.60. The van der Waals surface area contributed by atoms with Crippen LogP contribution in [0.2, 0.25) is 0 Å². The smallest absolute Gasteiger partial charge is 0.331 e. The number of hydrogen-bond acceptors (Lipinski definition) is 5. The number of phenols is 1. The Labute approximate surface area is 129 Å². The largest absolute Gasteiger partial charge is 0.504 e. The van der Waals surface area contributed by atoms with E-state index in [2.05, 4.69) is 5.32 Å². The number of nitrogens with one attached hydrogen (secondary N) is 1. The molecule has 0 bridgehead atoms. The van der Waals surface area contributed by atoms with Gasteiger partial charge in [-0.15, -0.1) is 0 Å². The van der Waals surface area contributed by atoms with E-state index in [1.165, 1.54) is 25.3 Å². The zero-order valence-corrected chi connectivity index (χ0v) is 13.2. The van der Waals surface area contributed by atoms with E-state index in [9.17, 15) is 14.7 Å². The topological polar surface area (TPSA) is 84.9 Å². The average Bonchev–Trinajstić information content (AvgIpc) is 2.42. The van der Waals surface area contributed by atoms with Gasteiger partial charge in [-0.05, 0) is 44.5 Å². The summed E-state index contributed by atoms with van der Waals surface area (Å²) in [6.07, 6.45) is 2.71. The Morgan fingerprint density at radius 3 is 2.59 bits per heavy atom. The molecule has 0 saturated carbocycles. The number of phenolic OH excluding ortho intramolecular Hbond substituents is 1. The normalized spacial score (nSPS) is 11.3. The lowest BCUT2D eigenvalue weighted by atomic mass is 10.1. The standard InChI is InChI=1S/C16H21NO5/c1-16(2,3)17-14(19)10-22-15(20)8-6-11-5-7-12(18)13(9-11)21-4/h5-9,18H,10H2,1-4H3,(H,17,19). The number of hydrogen-bond donors (Lipinski definition) is 2. The highest BCUT2D eigenvalue weighted by atomic mass is 16.5. The molecule has 120 valence electrons. The minimum Gasteiger partial charge on any atom is -0.504 e. The highest BCUT2D eigenvalue weighted by Gasteiger charge is 2.14. The summed E-state index contributed by atoms with van der Waals surface area (Å²) in [5, 5.41) is 12.2. The van der Waals surface area contributed by atoms with Crippen LogP contribution in [-0.2, 0) is 14.3 Å². The SMILES string of the molecule is COc1cc(C=CC(=O)OCC(=O)NC(C)(C)C)ccc1O. The first-order valence-corrected chi connectivity index (χ1v) is 6.74. The fraction of sp³-hybridized carbons (Fsp3) is 0.375. The molecule has 0 aliphatic carbocycles. The van der Waals surface area contributed by atoms with Gasteiger partial charge < -0.3 is 19.9 Å². The van der Waals surface area contributed by atoms with Gasteiger partial charge in [0.25, 0.3) is 5.91 Å². The molecular formula is C16H21NO5. The second-order valence-electron chi connectivity index (χ2n) is 5.67. The number of amides is 1. The minimum atomic E-state index is -0.629. The fourth-order valence-electron chi connectivity index (χ4n) is 1.60. The summed E-state index contributed by atoms with van der Waals surface area (Å²) in [5.74, 6) is -0.669. The molecule has 22 heavy (non-hydrogen) atoms. The molecule has 0 radical (unpaired) electrons. The van der Waals surface area contributed by atoms with Crippen molar-refractivity contribution in [3.63, 3.8) is 0 Å². The molecule has 1 amide bonds. The van der Waals surface area contributed by atoms with E-state index in [0.717, 1.165) is 0 Å². The van der Waals surface area contributed by atoms with Gasteiger partial charge in [-0.2, -0.15) is 0 Å². The van der Waals surface area contributed by atoms with Crippen LogP contribution in [0.4, 0.5) is 0 Å². The van der Waals surface area contributed by atoms with Gasteiger partial charge in [-0.3, -0.25) is 4.79 Å². The monoisotopic (exact) mass is 307 g/mol. The van der Waals surface area contributed by atoms with Gasteiger partial charge in [0.15, 0.2) is 18.1 Å². The van der Waals surface area contributed by atoms with Crippen LogP contribution in [0.15, 0.2) is 24.3 Å². The van der Waals surface area contributed by atoms with Crippen molar-refractivity contribution in [1.29, 1.82) is 0 Å². The Morgan fingerprint density at radius 1 is 1.32 bits per heavy atom. The second kappa shape index (κ2) is 7.49. The molecule has 0 atom stereocenters. The molecule has 0 aliphatic rings. The highest BCUT2D eigenvalue weighted by Crippen LogP contribution is 2.26. The lowest BCUT2D eigenvalue weighted by molar-refractivity contribution is -0.144. The van der Waals surface area contributed by atoms with Crippen molar-refractivity contribution in [2.45, 2.75) is 26.3 Å². The van der Waals surface area contributed by atoms with E-state index >= 15 is 0 Å². The third-order valence-electron chi connectivity index (χ3n) is 2.48. The zero-order chi connectivity index (χ0) is 16.8. The van der Waals surface area contributed by atoms with Crippen LogP contribution in [-0.4, -0.2) is 36.2 Å². The average molecular weight is 307 g/mol. The highest BCUT2D eigenvalue weighted by molar-refractivity contribution is 5.89. The van der Waals surface area contributed by atoms with Gasteiger partial charge in [-0.25, -0.2) is 4.79 Å². The van der Waals surface area contributed by atoms with Gasteiger partial charge >= 0.3 is 5.97 Å². The van der Waals surface area contributed by atoms with Gasteiger partial charge in [0.2, 0.25) is 0 Å². The summed E-state index contributed by atoms with van der Waals surface area (Å²) in [6.45, 7) is 5.18. The van der Waals surface area contributed by atoms with Gasteiger partial charge in [-0.1, -0.05) is 6.07 Å². The second-order valence-corrected chi connectivity index (χ2v) is 5.67. The third kappa shape index (κ3) is 6.30. The quantitative estimate of drug-likeness (QED) is 0.641. The molecule has 0 aliphatic heterocycles. The summed E-state index contributed by atoms with van der Waals surface area (Å²) in [4.78, 5) is 23.0. The van der Waals surface area contributed by atoms with E-state index in [1.54, 1.807) is 12.1 Å². The van der Waals surface area contributed by atoms with Crippen LogP contribution in [0.3, 0.4) is 0 Å². The maximum atomic E-state index is 11.5. The third-order valence-corrected chi connectivity index (χ3v) is 2.48.